The van der Waals surface area contributed by atoms with E-state index in [2.05, 4.69) is 52.4 Å². The van der Waals surface area contributed by atoms with Crippen LogP contribution in [-0.4, -0.2) is 0 Å². The van der Waals surface area contributed by atoms with E-state index in [4.69, 9.17) is 5.26 Å². The number of thiophene rings is 1. The standard InChI is InChI=1S/C13H11BrN2S/c1-9-2-3-11(5-13(9)14)16-7-12-4-10(6-15)8-17-12/h2-5,8,16H,7H2,1H3. The highest BCUT2D eigenvalue weighted by atomic mass is 79.9. The van der Waals surface area contributed by atoms with E-state index < -0.39 is 0 Å². The molecule has 1 aromatic carbocycles. The average Bonchev–Trinajstić information content (AvgIpc) is 2.79. The monoisotopic (exact) mass is 306 g/mol. The summed E-state index contributed by atoms with van der Waals surface area (Å²) in [6, 6.07) is 10.2. The summed E-state index contributed by atoms with van der Waals surface area (Å²) in [5, 5.41) is 13.9. The van der Waals surface area contributed by atoms with Crippen LogP contribution in [0.3, 0.4) is 0 Å². The lowest BCUT2D eigenvalue weighted by Crippen LogP contribution is -1.97. The number of hydrogen-bond acceptors (Lipinski definition) is 3. The summed E-state index contributed by atoms with van der Waals surface area (Å²) < 4.78 is 1.10. The van der Waals surface area contributed by atoms with Gasteiger partial charge in [-0.15, -0.1) is 11.3 Å². The third kappa shape index (κ3) is 3.09. The summed E-state index contributed by atoms with van der Waals surface area (Å²) in [6.07, 6.45) is 0. The SMILES string of the molecule is Cc1ccc(NCc2cc(C#N)cs2)cc1Br. The highest BCUT2D eigenvalue weighted by Gasteiger charge is 2.00. The maximum Gasteiger partial charge on any atom is 0.100 e. The molecule has 0 bridgehead atoms. The molecule has 0 amide bonds. The van der Waals surface area contributed by atoms with E-state index in [0.29, 0.717) is 0 Å². The highest BCUT2D eigenvalue weighted by Crippen LogP contribution is 2.22. The minimum absolute atomic E-state index is 0.733. The van der Waals surface area contributed by atoms with Gasteiger partial charge in [0.15, 0.2) is 0 Å². The van der Waals surface area contributed by atoms with Gasteiger partial charge in [0, 0.05) is 27.0 Å². The van der Waals surface area contributed by atoms with Crippen molar-refractivity contribution in [2.75, 3.05) is 5.32 Å². The Kier molecular flexibility index (Phi) is 3.82. The Morgan fingerprint density at radius 2 is 2.24 bits per heavy atom. The van der Waals surface area contributed by atoms with Gasteiger partial charge in [-0.1, -0.05) is 22.0 Å². The van der Waals surface area contributed by atoms with Crippen LogP contribution >= 0.6 is 27.3 Å². The molecular formula is C13H11BrN2S. The number of hydrogen-bond donors (Lipinski definition) is 1. The molecule has 17 heavy (non-hydrogen) atoms. The maximum atomic E-state index is 8.73. The van der Waals surface area contributed by atoms with Crippen LogP contribution in [0, 0.1) is 18.3 Å². The molecule has 4 heteroatoms. The van der Waals surface area contributed by atoms with E-state index in [1.54, 1.807) is 11.3 Å². The van der Waals surface area contributed by atoms with Gasteiger partial charge < -0.3 is 5.32 Å². The average molecular weight is 307 g/mol. The topological polar surface area (TPSA) is 35.8 Å². The normalized spacial score (nSPS) is 9.94. The number of halogens is 1. The molecule has 0 unspecified atom stereocenters. The molecule has 0 atom stereocenters. The van der Waals surface area contributed by atoms with Crippen LogP contribution in [0.1, 0.15) is 16.0 Å². The molecule has 0 radical (unpaired) electrons. The first kappa shape index (κ1) is 12.2. The first-order valence-corrected chi connectivity index (χ1v) is 6.84. The fourth-order valence-electron chi connectivity index (χ4n) is 1.42. The summed E-state index contributed by atoms with van der Waals surface area (Å²) >= 11 is 5.11. The maximum absolute atomic E-state index is 8.73. The van der Waals surface area contributed by atoms with Gasteiger partial charge >= 0.3 is 0 Å². The smallest absolute Gasteiger partial charge is 0.100 e. The number of nitrogens with one attached hydrogen (secondary N) is 1. The second kappa shape index (κ2) is 5.35. The lowest BCUT2D eigenvalue weighted by Gasteiger charge is -2.06. The van der Waals surface area contributed by atoms with E-state index in [0.717, 1.165) is 22.3 Å². The lowest BCUT2D eigenvalue weighted by molar-refractivity contribution is 1.19. The van der Waals surface area contributed by atoms with Crippen LogP contribution in [0.2, 0.25) is 0 Å². The van der Waals surface area contributed by atoms with E-state index in [-0.39, 0.29) is 0 Å². The Balaban J connectivity index is 2.02. The van der Waals surface area contributed by atoms with Crippen LogP contribution in [0.5, 0.6) is 0 Å². The lowest BCUT2D eigenvalue weighted by atomic mass is 10.2. The Hall–Kier alpha value is -1.31. The predicted molar refractivity (Wildman–Crippen MR) is 75.2 cm³/mol. The van der Waals surface area contributed by atoms with Crippen LogP contribution < -0.4 is 5.32 Å². The Labute approximate surface area is 113 Å². The largest absolute Gasteiger partial charge is 0.380 e. The number of nitrogens with zero attached hydrogens (tertiary/aromatic N) is 1. The number of nitriles is 1. The summed E-state index contributed by atoms with van der Waals surface area (Å²) in [7, 11) is 0. The summed E-state index contributed by atoms with van der Waals surface area (Å²) in [4.78, 5) is 1.17. The summed E-state index contributed by atoms with van der Waals surface area (Å²) in [5.41, 5.74) is 3.03. The predicted octanol–water partition coefficient (Wildman–Crippen LogP) is 4.30. The van der Waals surface area contributed by atoms with E-state index in [1.807, 2.05) is 11.4 Å². The van der Waals surface area contributed by atoms with Gasteiger partial charge in [0.05, 0.1) is 5.56 Å². The van der Waals surface area contributed by atoms with Crippen molar-refractivity contribution in [1.82, 2.24) is 0 Å². The quantitative estimate of drug-likeness (QED) is 0.917. The van der Waals surface area contributed by atoms with Crippen molar-refractivity contribution in [3.63, 3.8) is 0 Å². The second-order valence-corrected chi connectivity index (χ2v) is 5.58. The first-order chi connectivity index (χ1) is 8.19. The molecule has 1 aromatic heterocycles. The number of rotatable bonds is 3. The third-order valence-corrected chi connectivity index (χ3v) is 4.21. The van der Waals surface area contributed by atoms with Crippen LogP contribution in [-0.2, 0) is 6.54 Å². The zero-order valence-electron chi connectivity index (χ0n) is 9.33. The number of benzene rings is 1. The fourth-order valence-corrected chi connectivity index (χ4v) is 2.55. The molecule has 1 heterocycles. The Morgan fingerprint density at radius 1 is 1.41 bits per heavy atom. The van der Waals surface area contributed by atoms with Crippen molar-refractivity contribution in [3.05, 3.63) is 50.1 Å². The minimum Gasteiger partial charge on any atom is -0.380 e. The van der Waals surface area contributed by atoms with Gasteiger partial charge in [-0.05, 0) is 30.7 Å². The molecule has 0 aliphatic heterocycles. The fraction of sp³-hybridized carbons (Fsp3) is 0.154. The van der Waals surface area contributed by atoms with E-state index in [9.17, 15) is 0 Å². The Bertz CT molecular complexity index is 569. The Morgan fingerprint density at radius 3 is 2.88 bits per heavy atom. The summed E-state index contributed by atoms with van der Waals surface area (Å²) in [5.74, 6) is 0. The van der Waals surface area contributed by atoms with E-state index >= 15 is 0 Å². The van der Waals surface area contributed by atoms with Crippen molar-refractivity contribution < 1.29 is 0 Å². The second-order valence-electron chi connectivity index (χ2n) is 3.73. The van der Waals surface area contributed by atoms with Crippen LogP contribution in [0.4, 0.5) is 5.69 Å². The molecule has 0 saturated heterocycles. The van der Waals surface area contributed by atoms with Crippen LogP contribution in [0.15, 0.2) is 34.1 Å². The molecule has 1 N–H and O–H groups in total. The molecule has 0 spiro atoms. The molecule has 0 saturated carbocycles. The minimum atomic E-state index is 0.733. The zero-order chi connectivity index (χ0) is 12.3. The van der Waals surface area contributed by atoms with Crippen LogP contribution in [0.25, 0.3) is 0 Å². The molecule has 0 fully saturated rings. The molecule has 2 nitrogen and oxygen atoms in total. The molecule has 2 aromatic rings. The third-order valence-electron chi connectivity index (χ3n) is 2.42. The van der Waals surface area contributed by atoms with Crippen molar-refractivity contribution >= 4 is 33.0 Å². The van der Waals surface area contributed by atoms with Gasteiger partial charge in [-0.2, -0.15) is 5.26 Å². The van der Waals surface area contributed by atoms with E-state index in [1.165, 1.54) is 10.4 Å². The summed E-state index contributed by atoms with van der Waals surface area (Å²) in [6.45, 7) is 2.81. The van der Waals surface area contributed by atoms with Gasteiger partial charge in [0.2, 0.25) is 0 Å². The first-order valence-electron chi connectivity index (χ1n) is 5.16. The van der Waals surface area contributed by atoms with Crippen molar-refractivity contribution in [3.8, 4) is 6.07 Å². The van der Waals surface area contributed by atoms with Crippen molar-refractivity contribution in [1.29, 1.82) is 5.26 Å². The van der Waals surface area contributed by atoms with Gasteiger partial charge in [-0.25, -0.2) is 0 Å². The van der Waals surface area contributed by atoms with Gasteiger partial charge in [0.1, 0.15) is 6.07 Å². The van der Waals surface area contributed by atoms with Gasteiger partial charge in [0.25, 0.3) is 0 Å². The molecule has 0 aliphatic carbocycles. The van der Waals surface area contributed by atoms with Crippen molar-refractivity contribution in [2.45, 2.75) is 13.5 Å². The van der Waals surface area contributed by atoms with Gasteiger partial charge in [-0.3, -0.25) is 0 Å². The zero-order valence-corrected chi connectivity index (χ0v) is 11.7. The molecule has 86 valence electrons. The molecule has 2 rings (SSSR count). The van der Waals surface area contributed by atoms with Crippen molar-refractivity contribution in [2.24, 2.45) is 0 Å². The highest BCUT2D eigenvalue weighted by molar-refractivity contribution is 9.10. The number of anilines is 1. The molecule has 0 aliphatic rings. The number of aryl methyl sites for hydroxylation is 1. The molecular weight excluding hydrogens is 296 g/mol.